The third kappa shape index (κ3) is 3.48. The molecule has 0 amide bonds. The molecule has 3 heterocycles. The number of hydrogen-bond donors (Lipinski definition) is 0. The summed E-state index contributed by atoms with van der Waals surface area (Å²) >= 11 is 4.52. The lowest BCUT2D eigenvalue weighted by Crippen LogP contribution is -2.44. The quantitative estimate of drug-likeness (QED) is 0.783. The lowest BCUT2D eigenvalue weighted by Gasteiger charge is -2.31. The Morgan fingerprint density at radius 1 is 1.36 bits per heavy atom. The van der Waals surface area contributed by atoms with Crippen LogP contribution in [0.1, 0.15) is 12.8 Å². The van der Waals surface area contributed by atoms with Gasteiger partial charge in [-0.1, -0.05) is 0 Å². The van der Waals surface area contributed by atoms with Crippen LogP contribution in [-0.2, 0) is 10.0 Å². The minimum absolute atomic E-state index is 0.205. The maximum absolute atomic E-state index is 12.6. The van der Waals surface area contributed by atoms with Crippen LogP contribution in [0.5, 0.6) is 5.88 Å². The number of ether oxygens (including phenoxy) is 1. The van der Waals surface area contributed by atoms with Crippen molar-refractivity contribution in [2.75, 3.05) is 13.1 Å². The van der Waals surface area contributed by atoms with Crippen LogP contribution in [0.2, 0.25) is 0 Å². The number of rotatable bonds is 4. The Morgan fingerprint density at radius 3 is 2.91 bits per heavy atom. The topological polar surface area (TPSA) is 72.4 Å². The minimum Gasteiger partial charge on any atom is -0.472 e. The lowest BCUT2D eigenvalue weighted by atomic mass is 10.1. The molecule has 0 radical (unpaired) electrons. The third-order valence-corrected chi connectivity index (χ3v) is 7.27. The molecule has 118 valence electrons. The SMILES string of the molecule is O=S(=O)(c1ccc(Br)s1)N1CCCC(Oc2cnccn2)C1. The summed E-state index contributed by atoms with van der Waals surface area (Å²) in [6.07, 6.45) is 6.01. The normalized spacial score (nSPS) is 20.0. The summed E-state index contributed by atoms with van der Waals surface area (Å²) in [5, 5.41) is 0. The standard InChI is InChI=1S/C13H14BrN3O3S2/c14-11-3-4-13(21-11)22(18,19)17-7-1-2-10(9-17)20-12-8-15-5-6-16-12/h3-6,8,10H,1-2,7,9H2. The molecule has 22 heavy (non-hydrogen) atoms. The highest BCUT2D eigenvalue weighted by Crippen LogP contribution is 2.30. The van der Waals surface area contributed by atoms with Crippen LogP contribution in [0.15, 0.2) is 38.7 Å². The van der Waals surface area contributed by atoms with E-state index in [1.54, 1.807) is 24.5 Å². The first kappa shape index (κ1) is 15.9. The first-order valence-corrected chi connectivity index (χ1v) is 9.79. The van der Waals surface area contributed by atoms with Crippen LogP contribution in [0.25, 0.3) is 0 Å². The van der Waals surface area contributed by atoms with Crippen LogP contribution in [-0.4, -0.2) is 41.9 Å². The number of sulfonamides is 1. The van der Waals surface area contributed by atoms with Crippen molar-refractivity contribution in [3.8, 4) is 5.88 Å². The van der Waals surface area contributed by atoms with Gasteiger partial charge in [0.15, 0.2) is 0 Å². The van der Waals surface area contributed by atoms with Crippen LogP contribution < -0.4 is 4.74 Å². The van der Waals surface area contributed by atoms with Gasteiger partial charge in [0, 0.05) is 18.9 Å². The molecule has 2 aromatic rings. The lowest BCUT2D eigenvalue weighted by molar-refractivity contribution is 0.124. The van der Waals surface area contributed by atoms with E-state index in [0.717, 1.165) is 16.6 Å². The van der Waals surface area contributed by atoms with Gasteiger partial charge in [0.1, 0.15) is 10.3 Å². The van der Waals surface area contributed by atoms with E-state index in [1.807, 2.05) is 0 Å². The summed E-state index contributed by atoms with van der Waals surface area (Å²) in [4.78, 5) is 8.01. The smallest absolute Gasteiger partial charge is 0.252 e. The van der Waals surface area contributed by atoms with Gasteiger partial charge in [0.05, 0.1) is 16.5 Å². The van der Waals surface area contributed by atoms with Crippen LogP contribution in [0, 0.1) is 0 Å². The highest BCUT2D eigenvalue weighted by atomic mass is 79.9. The summed E-state index contributed by atoms with van der Waals surface area (Å²) in [5.41, 5.74) is 0. The number of piperidine rings is 1. The second kappa shape index (κ2) is 6.61. The molecule has 0 aliphatic carbocycles. The fraction of sp³-hybridized carbons (Fsp3) is 0.385. The number of halogens is 1. The van der Waals surface area contributed by atoms with Crippen molar-refractivity contribution in [2.45, 2.75) is 23.2 Å². The summed E-state index contributed by atoms with van der Waals surface area (Å²) in [5.74, 6) is 0.422. The highest BCUT2D eigenvalue weighted by molar-refractivity contribution is 9.11. The van der Waals surface area contributed by atoms with E-state index < -0.39 is 10.0 Å². The summed E-state index contributed by atoms with van der Waals surface area (Å²) in [6.45, 7) is 0.840. The monoisotopic (exact) mass is 403 g/mol. The van der Waals surface area contributed by atoms with E-state index >= 15 is 0 Å². The number of hydrogen-bond acceptors (Lipinski definition) is 6. The average molecular weight is 404 g/mol. The zero-order valence-corrected chi connectivity index (χ0v) is 14.8. The van der Waals surface area contributed by atoms with E-state index in [4.69, 9.17) is 4.74 Å². The fourth-order valence-corrected chi connectivity index (χ4v) is 5.97. The molecule has 0 aromatic carbocycles. The third-order valence-electron chi connectivity index (χ3n) is 3.31. The number of aromatic nitrogens is 2. The van der Waals surface area contributed by atoms with Gasteiger partial charge in [-0.05, 0) is 40.9 Å². The van der Waals surface area contributed by atoms with Crippen molar-refractivity contribution in [3.63, 3.8) is 0 Å². The Kier molecular flexibility index (Phi) is 4.76. The number of thiophene rings is 1. The second-order valence-corrected chi connectivity index (χ2v) is 9.48. The van der Waals surface area contributed by atoms with Crippen molar-refractivity contribution in [1.82, 2.24) is 14.3 Å². The molecule has 1 saturated heterocycles. The molecule has 3 rings (SSSR count). The molecule has 1 aliphatic heterocycles. The van der Waals surface area contributed by atoms with Gasteiger partial charge >= 0.3 is 0 Å². The Balaban J connectivity index is 1.73. The van der Waals surface area contributed by atoms with Crippen molar-refractivity contribution < 1.29 is 13.2 Å². The van der Waals surface area contributed by atoms with Gasteiger partial charge in [-0.25, -0.2) is 13.4 Å². The van der Waals surface area contributed by atoms with Crippen LogP contribution in [0.4, 0.5) is 0 Å². The average Bonchev–Trinajstić information content (AvgIpc) is 2.96. The summed E-state index contributed by atoms with van der Waals surface area (Å²) in [6, 6.07) is 3.37. The van der Waals surface area contributed by atoms with Gasteiger partial charge < -0.3 is 4.74 Å². The van der Waals surface area contributed by atoms with E-state index in [2.05, 4.69) is 25.9 Å². The van der Waals surface area contributed by atoms with Crippen molar-refractivity contribution in [3.05, 3.63) is 34.5 Å². The van der Waals surface area contributed by atoms with E-state index in [-0.39, 0.29) is 6.10 Å². The molecular formula is C13H14BrN3O3S2. The predicted molar refractivity (Wildman–Crippen MR) is 86.5 cm³/mol. The molecule has 0 N–H and O–H groups in total. The molecule has 1 atom stereocenters. The zero-order chi connectivity index (χ0) is 15.6. The van der Waals surface area contributed by atoms with Gasteiger partial charge in [-0.2, -0.15) is 4.31 Å². The van der Waals surface area contributed by atoms with Crippen LogP contribution in [0.3, 0.4) is 0 Å². The van der Waals surface area contributed by atoms with Gasteiger partial charge in [-0.15, -0.1) is 11.3 Å². The zero-order valence-electron chi connectivity index (χ0n) is 11.6. The maximum Gasteiger partial charge on any atom is 0.252 e. The van der Waals surface area contributed by atoms with Crippen molar-refractivity contribution in [2.24, 2.45) is 0 Å². The van der Waals surface area contributed by atoms with Crippen molar-refractivity contribution in [1.29, 1.82) is 0 Å². The molecular weight excluding hydrogens is 390 g/mol. The first-order valence-electron chi connectivity index (χ1n) is 6.74. The van der Waals surface area contributed by atoms with E-state index in [9.17, 15) is 8.42 Å². The highest BCUT2D eigenvalue weighted by Gasteiger charge is 2.32. The number of nitrogens with zero attached hydrogens (tertiary/aromatic N) is 3. The molecule has 9 heteroatoms. The maximum atomic E-state index is 12.6. The fourth-order valence-electron chi connectivity index (χ4n) is 2.30. The molecule has 6 nitrogen and oxygen atoms in total. The summed E-state index contributed by atoms with van der Waals surface area (Å²) in [7, 11) is -3.46. The Morgan fingerprint density at radius 2 is 2.23 bits per heavy atom. The predicted octanol–water partition coefficient (Wildman–Crippen LogP) is 2.53. The molecule has 0 bridgehead atoms. The van der Waals surface area contributed by atoms with Gasteiger partial charge in [-0.3, -0.25) is 4.98 Å². The molecule has 1 unspecified atom stereocenters. The van der Waals surface area contributed by atoms with E-state index in [1.165, 1.54) is 21.8 Å². The molecule has 0 spiro atoms. The first-order chi connectivity index (χ1) is 10.6. The molecule has 0 saturated carbocycles. The minimum atomic E-state index is -3.46. The Hall–Kier alpha value is -1.03. The largest absolute Gasteiger partial charge is 0.472 e. The Bertz CT molecular complexity index is 736. The second-order valence-electron chi connectivity index (χ2n) is 4.85. The van der Waals surface area contributed by atoms with Gasteiger partial charge in [0.2, 0.25) is 5.88 Å². The van der Waals surface area contributed by atoms with Crippen LogP contribution >= 0.6 is 27.3 Å². The van der Waals surface area contributed by atoms with Gasteiger partial charge in [0.25, 0.3) is 10.0 Å². The van der Waals surface area contributed by atoms with Crippen molar-refractivity contribution >= 4 is 37.3 Å². The van der Waals surface area contributed by atoms with E-state index in [0.29, 0.717) is 23.2 Å². The molecule has 1 aliphatic rings. The molecule has 2 aromatic heterocycles. The summed E-state index contributed by atoms with van der Waals surface area (Å²) < 4.78 is 33.6. The Labute approximate surface area is 141 Å². The molecule has 1 fully saturated rings.